The van der Waals surface area contributed by atoms with Gasteiger partial charge in [0.15, 0.2) is 0 Å². The molecule has 0 heterocycles. The van der Waals surface area contributed by atoms with E-state index >= 15 is 0 Å². The Morgan fingerprint density at radius 1 is 1.73 bits per heavy atom. The minimum Gasteiger partial charge on any atom is -0.481 e. The quantitative estimate of drug-likeness (QED) is 0.622. The Kier molecular flexibility index (Phi) is 2.88. The van der Waals surface area contributed by atoms with Gasteiger partial charge in [-0.05, 0) is 25.3 Å². The molecule has 11 heavy (non-hydrogen) atoms. The molecule has 1 rings (SSSR count). The zero-order valence-corrected chi connectivity index (χ0v) is 6.84. The summed E-state index contributed by atoms with van der Waals surface area (Å²) in [7, 11) is 0. The first-order valence-corrected chi connectivity index (χ1v) is 4.13. The first kappa shape index (κ1) is 8.53. The maximum Gasteiger partial charge on any atom is 0.303 e. The Labute approximate surface area is 66.8 Å². The zero-order valence-electron chi connectivity index (χ0n) is 6.84. The van der Waals surface area contributed by atoms with Crippen molar-refractivity contribution in [2.45, 2.75) is 32.2 Å². The number of hydrogen-bond donors (Lipinski definition) is 2. The summed E-state index contributed by atoms with van der Waals surface area (Å²) >= 11 is 0. The van der Waals surface area contributed by atoms with Crippen LogP contribution in [-0.2, 0) is 4.79 Å². The SMILES string of the molecule is CC(CNC1CC1)CC(=O)O. The molecule has 3 heteroatoms. The van der Waals surface area contributed by atoms with Crippen LogP contribution in [0, 0.1) is 5.92 Å². The number of carbonyl (C=O) groups is 1. The Hall–Kier alpha value is -0.570. The second kappa shape index (κ2) is 3.72. The second-order valence-corrected chi connectivity index (χ2v) is 3.39. The van der Waals surface area contributed by atoms with Gasteiger partial charge >= 0.3 is 5.97 Å². The van der Waals surface area contributed by atoms with Crippen LogP contribution in [0.5, 0.6) is 0 Å². The molecule has 1 aliphatic rings. The first-order chi connectivity index (χ1) is 5.18. The average Bonchev–Trinajstić information content (AvgIpc) is 2.63. The highest BCUT2D eigenvalue weighted by Gasteiger charge is 2.21. The van der Waals surface area contributed by atoms with E-state index in [1.54, 1.807) is 0 Å². The number of rotatable bonds is 5. The van der Waals surface area contributed by atoms with Crippen molar-refractivity contribution in [3.63, 3.8) is 0 Å². The van der Waals surface area contributed by atoms with Crippen LogP contribution in [0.15, 0.2) is 0 Å². The van der Waals surface area contributed by atoms with E-state index < -0.39 is 5.97 Å². The summed E-state index contributed by atoms with van der Waals surface area (Å²) in [5.74, 6) is -0.441. The molecule has 64 valence electrons. The fourth-order valence-electron chi connectivity index (χ4n) is 1.03. The maximum atomic E-state index is 10.2. The van der Waals surface area contributed by atoms with Crippen LogP contribution in [0.4, 0.5) is 0 Å². The number of hydrogen-bond acceptors (Lipinski definition) is 2. The fraction of sp³-hybridized carbons (Fsp3) is 0.875. The lowest BCUT2D eigenvalue weighted by Gasteiger charge is -2.08. The van der Waals surface area contributed by atoms with Crippen molar-refractivity contribution in [3.8, 4) is 0 Å². The van der Waals surface area contributed by atoms with Crippen molar-refractivity contribution in [1.82, 2.24) is 5.32 Å². The molecular formula is C8H15NO2. The Balaban J connectivity index is 1.99. The van der Waals surface area contributed by atoms with Crippen LogP contribution in [0.3, 0.4) is 0 Å². The van der Waals surface area contributed by atoms with Crippen molar-refractivity contribution in [1.29, 1.82) is 0 Å². The van der Waals surface area contributed by atoms with Gasteiger partial charge in [0, 0.05) is 12.5 Å². The summed E-state index contributed by atoms with van der Waals surface area (Å²) in [6, 6.07) is 0.686. The maximum absolute atomic E-state index is 10.2. The molecule has 0 radical (unpaired) electrons. The van der Waals surface area contributed by atoms with E-state index in [0.29, 0.717) is 6.04 Å². The number of carboxylic acid groups (broad SMARTS) is 1. The smallest absolute Gasteiger partial charge is 0.303 e. The van der Waals surface area contributed by atoms with Gasteiger partial charge in [-0.25, -0.2) is 0 Å². The van der Waals surface area contributed by atoms with Crippen molar-refractivity contribution in [2.24, 2.45) is 5.92 Å². The van der Waals surface area contributed by atoms with Crippen molar-refractivity contribution >= 4 is 5.97 Å². The normalized spacial score (nSPS) is 19.7. The highest BCUT2D eigenvalue weighted by atomic mass is 16.4. The number of aliphatic carboxylic acids is 1. The fourth-order valence-corrected chi connectivity index (χ4v) is 1.03. The van der Waals surface area contributed by atoms with Gasteiger partial charge in [-0.2, -0.15) is 0 Å². The molecule has 1 fully saturated rings. The van der Waals surface area contributed by atoms with Crippen LogP contribution in [0.25, 0.3) is 0 Å². The van der Waals surface area contributed by atoms with Gasteiger partial charge in [-0.3, -0.25) is 4.79 Å². The third-order valence-corrected chi connectivity index (χ3v) is 1.86. The van der Waals surface area contributed by atoms with E-state index in [0.717, 1.165) is 6.54 Å². The topological polar surface area (TPSA) is 49.3 Å². The molecule has 0 spiro atoms. The lowest BCUT2D eigenvalue weighted by atomic mass is 10.1. The van der Waals surface area contributed by atoms with Crippen LogP contribution in [-0.4, -0.2) is 23.7 Å². The summed E-state index contributed by atoms with van der Waals surface area (Å²) in [5, 5.41) is 11.7. The minimum absolute atomic E-state index is 0.257. The molecule has 0 bridgehead atoms. The lowest BCUT2D eigenvalue weighted by molar-refractivity contribution is -0.137. The monoisotopic (exact) mass is 157 g/mol. The molecule has 0 aromatic rings. The van der Waals surface area contributed by atoms with Gasteiger partial charge in [0.1, 0.15) is 0 Å². The summed E-state index contributed by atoms with van der Waals surface area (Å²) in [4.78, 5) is 10.2. The molecule has 3 nitrogen and oxygen atoms in total. The molecule has 1 unspecified atom stereocenters. The van der Waals surface area contributed by atoms with Crippen LogP contribution >= 0.6 is 0 Å². The standard InChI is InChI=1S/C8H15NO2/c1-6(4-8(10)11)5-9-7-2-3-7/h6-7,9H,2-5H2,1H3,(H,10,11). The largest absolute Gasteiger partial charge is 0.481 e. The average molecular weight is 157 g/mol. The molecule has 1 atom stereocenters. The molecule has 0 aromatic heterocycles. The van der Waals surface area contributed by atoms with E-state index in [4.69, 9.17) is 5.11 Å². The molecule has 0 aromatic carbocycles. The first-order valence-electron chi connectivity index (χ1n) is 4.13. The van der Waals surface area contributed by atoms with E-state index in [1.165, 1.54) is 12.8 Å². The third kappa shape index (κ3) is 3.98. The molecule has 1 aliphatic carbocycles. The van der Waals surface area contributed by atoms with E-state index in [9.17, 15) is 4.79 Å². The number of nitrogens with one attached hydrogen (secondary N) is 1. The molecule has 0 aliphatic heterocycles. The zero-order chi connectivity index (χ0) is 8.27. The van der Waals surface area contributed by atoms with E-state index in [1.807, 2.05) is 6.92 Å². The van der Waals surface area contributed by atoms with Crippen molar-refractivity contribution in [3.05, 3.63) is 0 Å². The van der Waals surface area contributed by atoms with Crippen molar-refractivity contribution < 1.29 is 9.90 Å². The molecule has 1 saturated carbocycles. The van der Waals surface area contributed by atoms with Crippen molar-refractivity contribution in [2.75, 3.05) is 6.54 Å². The second-order valence-electron chi connectivity index (χ2n) is 3.39. The lowest BCUT2D eigenvalue weighted by Crippen LogP contribution is -2.24. The summed E-state index contributed by atoms with van der Waals surface area (Å²) in [6.45, 7) is 2.81. The van der Waals surface area contributed by atoms with E-state index in [2.05, 4.69) is 5.32 Å². The van der Waals surface area contributed by atoms with Gasteiger partial charge in [0.25, 0.3) is 0 Å². The van der Waals surface area contributed by atoms with Gasteiger partial charge in [0.05, 0.1) is 0 Å². The summed E-state index contributed by atoms with van der Waals surface area (Å²) < 4.78 is 0. The minimum atomic E-state index is -0.699. The highest BCUT2D eigenvalue weighted by Crippen LogP contribution is 2.18. The third-order valence-electron chi connectivity index (χ3n) is 1.86. The number of carboxylic acids is 1. The van der Waals surface area contributed by atoms with Crippen LogP contribution in [0.2, 0.25) is 0 Å². The molecule has 0 saturated heterocycles. The van der Waals surface area contributed by atoms with Gasteiger partial charge in [-0.1, -0.05) is 6.92 Å². The predicted octanol–water partition coefficient (Wildman–Crippen LogP) is 0.849. The Morgan fingerprint density at radius 2 is 2.36 bits per heavy atom. The van der Waals surface area contributed by atoms with Gasteiger partial charge in [-0.15, -0.1) is 0 Å². The summed E-state index contributed by atoms with van der Waals surface area (Å²) in [5.41, 5.74) is 0. The predicted molar refractivity (Wildman–Crippen MR) is 42.4 cm³/mol. The molecule has 2 N–H and O–H groups in total. The highest BCUT2D eigenvalue weighted by molar-refractivity contribution is 5.66. The van der Waals surface area contributed by atoms with Crippen LogP contribution in [0.1, 0.15) is 26.2 Å². The Bertz CT molecular complexity index is 143. The molecular weight excluding hydrogens is 142 g/mol. The van der Waals surface area contributed by atoms with Gasteiger partial charge in [0.2, 0.25) is 0 Å². The Morgan fingerprint density at radius 3 is 2.82 bits per heavy atom. The van der Waals surface area contributed by atoms with Gasteiger partial charge < -0.3 is 10.4 Å². The van der Waals surface area contributed by atoms with Crippen LogP contribution < -0.4 is 5.32 Å². The molecule has 0 amide bonds. The van der Waals surface area contributed by atoms with E-state index in [-0.39, 0.29) is 12.3 Å². The summed E-state index contributed by atoms with van der Waals surface area (Å²) in [6.07, 6.45) is 2.80.